The van der Waals surface area contributed by atoms with Crippen LogP contribution in [0.3, 0.4) is 0 Å². The molecule has 2 aromatic rings. The fourth-order valence-electron chi connectivity index (χ4n) is 2.99. The molecule has 2 N–H and O–H groups in total. The van der Waals surface area contributed by atoms with E-state index in [4.69, 9.17) is 17.3 Å². The van der Waals surface area contributed by atoms with Gasteiger partial charge >= 0.3 is 0 Å². The minimum atomic E-state index is 0.0980. The Balaban J connectivity index is 2.20. The van der Waals surface area contributed by atoms with Gasteiger partial charge in [0.25, 0.3) is 0 Å². The number of rotatable bonds is 6. The molecule has 2 heteroatoms. The maximum atomic E-state index is 6.57. The molecule has 0 radical (unpaired) electrons. The molecule has 3 atom stereocenters. The van der Waals surface area contributed by atoms with Crippen molar-refractivity contribution in [2.24, 2.45) is 11.7 Å². The third-order valence-corrected chi connectivity index (χ3v) is 4.50. The lowest BCUT2D eigenvalue weighted by Crippen LogP contribution is -2.34. The predicted octanol–water partition coefficient (Wildman–Crippen LogP) is 5.04. The highest BCUT2D eigenvalue weighted by Gasteiger charge is 2.24. The Labute approximate surface area is 133 Å². The van der Waals surface area contributed by atoms with Gasteiger partial charge in [0.1, 0.15) is 0 Å². The molecule has 0 heterocycles. The summed E-state index contributed by atoms with van der Waals surface area (Å²) in [6, 6.07) is 18.7. The average Bonchev–Trinajstić information content (AvgIpc) is 2.48. The summed E-state index contributed by atoms with van der Waals surface area (Å²) in [7, 11) is 0. The minimum absolute atomic E-state index is 0.0980. The van der Waals surface area contributed by atoms with Gasteiger partial charge in [0.15, 0.2) is 0 Å². The van der Waals surface area contributed by atoms with Crippen LogP contribution < -0.4 is 5.73 Å². The van der Waals surface area contributed by atoms with Gasteiger partial charge in [-0.1, -0.05) is 74.3 Å². The van der Waals surface area contributed by atoms with Gasteiger partial charge in [0, 0.05) is 17.0 Å². The van der Waals surface area contributed by atoms with Crippen molar-refractivity contribution in [1.29, 1.82) is 0 Å². The standard InChI is InChI=1S/C19H24ClN/c1-3-14(2)19(16-9-5-4-6-10-16)18(21)13-15-8-7-11-17(20)12-15/h4-12,14,18-19H,3,13,21H2,1-2H3. The zero-order valence-electron chi connectivity index (χ0n) is 12.8. The Morgan fingerprint density at radius 2 is 1.76 bits per heavy atom. The van der Waals surface area contributed by atoms with E-state index >= 15 is 0 Å². The van der Waals surface area contributed by atoms with Crippen LogP contribution in [0.4, 0.5) is 0 Å². The van der Waals surface area contributed by atoms with Crippen LogP contribution >= 0.6 is 11.6 Å². The van der Waals surface area contributed by atoms with E-state index in [0.29, 0.717) is 11.8 Å². The Bertz CT molecular complexity index is 553. The Morgan fingerprint density at radius 3 is 2.38 bits per heavy atom. The van der Waals surface area contributed by atoms with Gasteiger partial charge in [0.2, 0.25) is 0 Å². The Kier molecular flexibility index (Phi) is 5.84. The zero-order chi connectivity index (χ0) is 15.2. The maximum absolute atomic E-state index is 6.57. The molecule has 21 heavy (non-hydrogen) atoms. The lowest BCUT2D eigenvalue weighted by atomic mass is 9.78. The highest BCUT2D eigenvalue weighted by molar-refractivity contribution is 6.30. The Hall–Kier alpha value is -1.31. The second-order valence-corrected chi connectivity index (χ2v) is 6.26. The molecule has 0 aromatic heterocycles. The highest BCUT2D eigenvalue weighted by Crippen LogP contribution is 2.31. The monoisotopic (exact) mass is 301 g/mol. The molecule has 1 nitrogen and oxygen atoms in total. The number of hydrogen-bond acceptors (Lipinski definition) is 1. The van der Waals surface area contributed by atoms with Gasteiger partial charge < -0.3 is 5.73 Å². The van der Waals surface area contributed by atoms with Gasteiger partial charge in [-0.15, -0.1) is 0 Å². The zero-order valence-corrected chi connectivity index (χ0v) is 13.6. The normalized spacial score (nSPS) is 15.4. The fourth-order valence-corrected chi connectivity index (χ4v) is 3.20. The maximum Gasteiger partial charge on any atom is 0.0408 e. The van der Waals surface area contributed by atoms with E-state index in [2.05, 4.69) is 50.2 Å². The molecule has 2 rings (SSSR count). The first-order valence-electron chi connectivity index (χ1n) is 7.66. The first-order chi connectivity index (χ1) is 10.1. The van der Waals surface area contributed by atoms with Crippen molar-refractivity contribution in [3.05, 3.63) is 70.7 Å². The van der Waals surface area contributed by atoms with Crippen molar-refractivity contribution < 1.29 is 0 Å². The predicted molar refractivity (Wildman–Crippen MR) is 91.8 cm³/mol. The summed E-state index contributed by atoms with van der Waals surface area (Å²) in [5.74, 6) is 0.928. The third-order valence-electron chi connectivity index (χ3n) is 4.26. The smallest absolute Gasteiger partial charge is 0.0408 e. The van der Waals surface area contributed by atoms with Crippen LogP contribution in [-0.4, -0.2) is 6.04 Å². The van der Waals surface area contributed by atoms with Crippen molar-refractivity contribution in [2.45, 2.75) is 38.6 Å². The van der Waals surface area contributed by atoms with Crippen LogP contribution in [0.15, 0.2) is 54.6 Å². The summed E-state index contributed by atoms with van der Waals surface area (Å²) in [5, 5.41) is 0.777. The molecule has 0 aliphatic carbocycles. The second kappa shape index (κ2) is 7.63. The van der Waals surface area contributed by atoms with Crippen molar-refractivity contribution in [1.82, 2.24) is 0 Å². The summed E-state index contributed by atoms with van der Waals surface area (Å²) >= 11 is 6.07. The molecule has 0 saturated heterocycles. The lowest BCUT2D eigenvalue weighted by Gasteiger charge is -2.29. The average molecular weight is 302 g/mol. The Morgan fingerprint density at radius 1 is 1.05 bits per heavy atom. The van der Waals surface area contributed by atoms with Crippen molar-refractivity contribution >= 4 is 11.6 Å². The largest absolute Gasteiger partial charge is 0.327 e. The molecule has 0 aliphatic heterocycles. The fraction of sp³-hybridized carbons (Fsp3) is 0.368. The number of nitrogens with two attached hydrogens (primary N) is 1. The van der Waals surface area contributed by atoms with E-state index in [0.717, 1.165) is 17.9 Å². The van der Waals surface area contributed by atoms with E-state index in [1.54, 1.807) is 0 Å². The first kappa shape index (κ1) is 16.1. The quantitative estimate of drug-likeness (QED) is 0.795. The number of hydrogen-bond donors (Lipinski definition) is 1. The first-order valence-corrected chi connectivity index (χ1v) is 8.04. The van der Waals surface area contributed by atoms with E-state index in [1.165, 1.54) is 11.1 Å². The summed E-state index contributed by atoms with van der Waals surface area (Å²) in [4.78, 5) is 0. The van der Waals surface area contributed by atoms with E-state index < -0.39 is 0 Å². The molecular weight excluding hydrogens is 278 g/mol. The van der Waals surface area contributed by atoms with Gasteiger partial charge in [0.05, 0.1) is 0 Å². The molecular formula is C19H24ClN. The van der Waals surface area contributed by atoms with Gasteiger partial charge in [-0.2, -0.15) is 0 Å². The molecule has 0 amide bonds. The van der Waals surface area contributed by atoms with Crippen molar-refractivity contribution in [3.63, 3.8) is 0 Å². The van der Waals surface area contributed by atoms with Crippen molar-refractivity contribution in [3.8, 4) is 0 Å². The molecule has 112 valence electrons. The molecule has 0 saturated carbocycles. The van der Waals surface area contributed by atoms with E-state index in [9.17, 15) is 0 Å². The van der Waals surface area contributed by atoms with Gasteiger partial charge in [-0.05, 0) is 35.6 Å². The third kappa shape index (κ3) is 4.33. The summed E-state index contributed by atoms with van der Waals surface area (Å²) < 4.78 is 0. The molecule has 3 unspecified atom stereocenters. The SMILES string of the molecule is CCC(C)C(c1ccccc1)C(N)Cc1cccc(Cl)c1. The molecule has 0 aliphatic rings. The van der Waals surface area contributed by atoms with E-state index in [1.807, 2.05) is 18.2 Å². The lowest BCUT2D eigenvalue weighted by molar-refractivity contribution is 0.380. The summed E-state index contributed by atoms with van der Waals surface area (Å²) in [6.45, 7) is 4.52. The summed E-state index contributed by atoms with van der Waals surface area (Å²) in [6.07, 6.45) is 1.98. The van der Waals surface area contributed by atoms with Gasteiger partial charge in [-0.25, -0.2) is 0 Å². The molecule has 2 aromatic carbocycles. The summed E-state index contributed by atoms with van der Waals surface area (Å²) in [5.41, 5.74) is 9.11. The second-order valence-electron chi connectivity index (χ2n) is 5.82. The van der Waals surface area contributed by atoms with Crippen molar-refractivity contribution in [2.75, 3.05) is 0 Å². The molecule has 0 fully saturated rings. The highest BCUT2D eigenvalue weighted by atomic mass is 35.5. The number of halogens is 1. The van der Waals surface area contributed by atoms with Crippen LogP contribution in [0.5, 0.6) is 0 Å². The molecule has 0 spiro atoms. The number of benzene rings is 2. The van der Waals surface area contributed by atoms with Gasteiger partial charge in [-0.3, -0.25) is 0 Å². The molecule has 0 bridgehead atoms. The van der Waals surface area contributed by atoms with Crippen LogP contribution in [-0.2, 0) is 6.42 Å². The van der Waals surface area contributed by atoms with Crippen LogP contribution in [0.25, 0.3) is 0 Å². The van der Waals surface area contributed by atoms with Crippen LogP contribution in [0.1, 0.15) is 37.3 Å². The minimum Gasteiger partial charge on any atom is -0.327 e. The topological polar surface area (TPSA) is 26.0 Å². The van der Waals surface area contributed by atoms with Crippen LogP contribution in [0.2, 0.25) is 5.02 Å². The van der Waals surface area contributed by atoms with E-state index in [-0.39, 0.29) is 6.04 Å². The van der Waals surface area contributed by atoms with Crippen LogP contribution in [0, 0.1) is 5.92 Å².